The molecule has 1 N–H and O–H groups in total. The minimum absolute atomic E-state index is 0.275. The summed E-state index contributed by atoms with van der Waals surface area (Å²) in [5, 5.41) is 3.58. The van der Waals surface area contributed by atoms with Gasteiger partial charge in [0.05, 0.1) is 0 Å². The van der Waals surface area contributed by atoms with Crippen LogP contribution in [0.25, 0.3) is 0 Å². The van der Waals surface area contributed by atoms with Gasteiger partial charge in [-0.1, -0.05) is 12.8 Å². The molecule has 1 atom stereocenters. The zero-order valence-corrected chi connectivity index (χ0v) is 14.0. The van der Waals surface area contributed by atoms with Crippen LogP contribution in [-0.2, 0) is 0 Å². The zero-order valence-electron chi connectivity index (χ0n) is 14.0. The molecule has 0 aromatic carbocycles. The van der Waals surface area contributed by atoms with Gasteiger partial charge < -0.3 is 10.2 Å². The first-order valence-electron chi connectivity index (χ1n) is 8.76. The van der Waals surface area contributed by atoms with E-state index in [9.17, 15) is 0 Å². The Morgan fingerprint density at radius 1 is 1.00 bits per heavy atom. The highest BCUT2D eigenvalue weighted by Crippen LogP contribution is 2.21. The van der Waals surface area contributed by atoms with E-state index in [1.54, 1.807) is 0 Å². The highest BCUT2D eigenvalue weighted by molar-refractivity contribution is 4.84. The molecule has 3 heteroatoms. The van der Waals surface area contributed by atoms with E-state index in [4.69, 9.17) is 0 Å². The van der Waals surface area contributed by atoms with Crippen molar-refractivity contribution in [1.29, 1.82) is 0 Å². The van der Waals surface area contributed by atoms with Gasteiger partial charge in [-0.3, -0.25) is 4.90 Å². The second-order valence-electron chi connectivity index (χ2n) is 7.72. The van der Waals surface area contributed by atoms with Crippen molar-refractivity contribution in [3.8, 4) is 0 Å². The van der Waals surface area contributed by atoms with Crippen molar-refractivity contribution in [2.45, 2.75) is 70.9 Å². The molecule has 0 spiro atoms. The van der Waals surface area contributed by atoms with Gasteiger partial charge in [0.2, 0.25) is 0 Å². The summed E-state index contributed by atoms with van der Waals surface area (Å²) in [6, 6.07) is 0.875. The summed E-state index contributed by atoms with van der Waals surface area (Å²) < 4.78 is 0. The predicted molar refractivity (Wildman–Crippen MR) is 87.3 cm³/mol. The quantitative estimate of drug-likeness (QED) is 0.755. The zero-order chi connectivity index (χ0) is 14.4. The summed E-state index contributed by atoms with van der Waals surface area (Å²) in [5.74, 6) is 0. The van der Waals surface area contributed by atoms with Crippen LogP contribution in [0, 0.1) is 0 Å². The van der Waals surface area contributed by atoms with E-state index in [0.29, 0.717) is 0 Å². The normalized spacial score (nSPS) is 25.6. The van der Waals surface area contributed by atoms with Crippen molar-refractivity contribution >= 4 is 0 Å². The van der Waals surface area contributed by atoms with Crippen molar-refractivity contribution in [3.63, 3.8) is 0 Å². The molecular formula is C17H35N3. The van der Waals surface area contributed by atoms with Crippen LogP contribution < -0.4 is 5.32 Å². The van der Waals surface area contributed by atoms with E-state index in [1.165, 1.54) is 77.8 Å². The van der Waals surface area contributed by atoms with Crippen molar-refractivity contribution in [2.75, 3.05) is 39.3 Å². The average molecular weight is 281 g/mol. The van der Waals surface area contributed by atoms with Gasteiger partial charge in [-0.25, -0.2) is 0 Å². The number of nitrogens with zero attached hydrogens (tertiary/aromatic N) is 2. The maximum Gasteiger partial charge on any atom is 0.0223 e. The van der Waals surface area contributed by atoms with Crippen LogP contribution in [0.2, 0.25) is 0 Å². The minimum Gasteiger partial charge on any atom is -0.312 e. The Balaban J connectivity index is 1.52. The van der Waals surface area contributed by atoms with Crippen molar-refractivity contribution in [1.82, 2.24) is 15.1 Å². The lowest BCUT2D eigenvalue weighted by atomic mass is 9.99. The maximum atomic E-state index is 3.58. The molecular weight excluding hydrogens is 246 g/mol. The van der Waals surface area contributed by atoms with Crippen LogP contribution >= 0.6 is 0 Å². The summed E-state index contributed by atoms with van der Waals surface area (Å²) in [6.45, 7) is 14.5. The van der Waals surface area contributed by atoms with Gasteiger partial charge in [0.25, 0.3) is 0 Å². The summed E-state index contributed by atoms with van der Waals surface area (Å²) in [4.78, 5) is 5.44. The van der Waals surface area contributed by atoms with Crippen molar-refractivity contribution in [2.24, 2.45) is 0 Å². The fourth-order valence-electron chi connectivity index (χ4n) is 3.52. The Kier molecular flexibility index (Phi) is 6.31. The Morgan fingerprint density at radius 3 is 2.65 bits per heavy atom. The average Bonchev–Trinajstić information content (AvgIpc) is 2.41. The number of piperazine rings is 1. The van der Waals surface area contributed by atoms with Crippen molar-refractivity contribution < 1.29 is 0 Å². The fraction of sp³-hybridized carbons (Fsp3) is 1.00. The van der Waals surface area contributed by atoms with E-state index in [1.807, 2.05) is 0 Å². The van der Waals surface area contributed by atoms with Gasteiger partial charge in [0.1, 0.15) is 0 Å². The number of rotatable bonds is 6. The molecule has 118 valence electrons. The molecule has 20 heavy (non-hydrogen) atoms. The van der Waals surface area contributed by atoms with Gasteiger partial charge in [-0.15, -0.1) is 0 Å². The first kappa shape index (κ1) is 16.3. The first-order valence-corrected chi connectivity index (χ1v) is 8.76. The molecule has 0 aromatic rings. The standard InChI is InChI=1S/C17H35N3/c1-17(2,3)18-10-6-4-7-11-19-13-14-20-12-8-5-9-16(20)15-19/h16,18H,4-15H2,1-3H3. The Morgan fingerprint density at radius 2 is 1.85 bits per heavy atom. The largest absolute Gasteiger partial charge is 0.312 e. The highest BCUT2D eigenvalue weighted by Gasteiger charge is 2.28. The van der Waals surface area contributed by atoms with Crippen LogP contribution in [0.1, 0.15) is 59.3 Å². The molecule has 2 aliphatic rings. The monoisotopic (exact) mass is 281 g/mol. The Labute approximate surface area is 126 Å². The number of fused-ring (bicyclic) bond motifs is 1. The SMILES string of the molecule is CC(C)(C)NCCCCCN1CCN2CCCCC2C1. The first-order chi connectivity index (χ1) is 9.54. The number of hydrogen-bond acceptors (Lipinski definition) is 3. The van der Waals surface area contributed by atoms with Crippen LogP contribution in [0.3, 0.4) is 0 Å². The molecule has 1 unspecified atom stereocenters. The van der Waals surface area contributed by atoms with E-state index in [-0.39, 0.29) is 5.54 Å². The number of hydrogen-bond donors (Lipinski definition) is 1. The lowest BCUT2D eigenvalue weighted by Gasteiger charge is -2.44. The molecule has 0 aromatic heterocycles. The van der Waals surface area contributed by atoms with Crippen LogP contribution in [0.5, 0.6) is 0 Å². The van der Waals surface area contributed by atoms with Gasteiger partial charge in [0.15, 0.2) is 0 Å². The summed E-state index contributed by atoms with van der Waals surface area (Å²) in [5.41, 5.74) is 0.275. The molecule has 2 heterocycles. The number of nitrogens with one attached hydrogen (secondary N) is 1. The highest BCUT2D eigenvalue weighted by atomic mass is 15.3. The number of unbranched alkanes of at least 4 members (excludes halogenated alkanes) is 2. The summed E-state index contributed by atoms with van der Waals surface area (Å²) >= 11 is 0. The smallest absolute Gasteiger partial charge is 0.0223 e. The molecule has 2 aliphatic heterocycles. The molecule has 0 amide bonds. The minimum atomic E-state index is 0.275. The van der Waals surface area contributed by atoms with E-state index >= 15 is 0 Å². The van der Waals surface area contributed by atoms with E-state index < -0.39 is 0 Å². The molecule has 0 radical (unpaired) electrons. The summed E-state index contributed by atoms with van der Waals surface area (Å²) in [6.07, 6.45) is 8.38. The second-order valence-corrected chi connectivity index (χ2v) is 7.72. The van der Waals surface area contributed by atoms with Gasteiger partial charge in [-0.2, -0.15) is 0 Å². The molecule has 0 saturated carbocycles. The van der Waals surface area contributed by atoms with Gasteiger partial charge in [0, 0.05) is 31.2 Å². The third-order valence-corrected chi connectivity index (χ3v) is 4.73. The lowest BCUT2D eigenvalue weighted by Crippen LogP contribution is -2.54. The van der Waals surface area contributed by atoms with E-state index in [0.717, 1.165) is 6.04 Å². The fourth-order valence-corrected chi connectivity index (χ4v) is 3.52. The van der Waals surface area contributed by atoms with Crippen molar-refractivity contribution in [3.05, 3.63) is 0 Å². The summed E-state index contributed by atoms with van der Waals surface area (Å²) in [7, 11) is 0. The Bertz CT molecular complexity index is 272. The van der Waals surface area contributed by atoms with Crippen LogP contribution in [-0.4, -0.2) is 60.6 Å². The molecule has 3 nitrogen and oxygen atoms in total. The maximum absolute atomic E-state index is 3.58. The molecule has 2 saturated heterocycles. The van der Waals surface area contributed by atoms with Gasteiger partial charge in [-0.05, 0) is 66.1 Å². The molecule has 0 aliphatic carbocycles. The topological polar surface area (TPSA) is 18.5 Å². The molecule has 0 bridgehead atoms. The second kappa shape index (κ2) is 7.77. The molecule has 2 rings (SSSR count). The molecule has 2 fully saturated rings. The number of piperidine rings is 1. The van der Waals surface area contributed by atoms with Crippen LogP contribution in [0.15, 0.2) is 0 Å². The predicted octanol–water partition coefficient (Wildman–Crippen LogP) is 2.71. The van der Waals surface area contributed by atoms with Crippen LogP contribution in [0.4, 0.5) is 0 Å². The van der Waals surface area contributed by atoms with Gasteiger partial charge >= 0.3 is 0 Å². The third kappa shape index (κ3) is 5.71. The van der Waals surface area contributed by atoms with E-state index in [2.05, 4.69) is 35.9 Å². The third-order valence-electron chi connectivity index (χ3n) is 4.73. The Hall–Kier alpha value is -0.120. The lowest BCUT2D eigenvalue weighted by molar-refractivity contribution is 0.0486.